The van der Waals surface area contributed by atoms with Crippen LogP contribution < -0.4 is 5.32 Å². The van der Waals surface area contributed by atoms with Crippen LogP contribution in [0, 0.1) is 0 Å². The van der Waals surface area contributed by atoms with Crippen LogP contribution in [0.25, 0.3) is 10.8 Å². The predicted octanol–water partition coefficient (Wildman–Crippen LogP) is 2.92. The maximum atomic E-state index is 3.37. The quantitative estimate of drug-likeness (QED) is 0.766. The van der Waals surface area contributed by atoms with Crippen molar-refractivity contribution in [1.29, 1.82) is 0 Å². The minimum absolute atomic E-state index is 1.05. The fourth-order valence-corrected chi connectivity index (χ4v) is 2.38. The van der Waals surface area contributed by atoms with Gasteiger partial charge < -0.3 is 10.2 Å². The van der Waals surface area contributed by atoms with Crippen molar-refractivity contribution < 1.29 is 0 Å². The van der Waals surface area contributed by atoms with Gasteiger partial charge in [-0.1, -0.05) is 49.4 Å². The zero-order chi connectivity index (χ0) is 13.5. The lowest BCUT2D eigenvalue weighted by Gasteiger charge is -2.17. The van der Waals surface area contributed by atoms with E-state index in [1.165, 1.54) is 16.3 Å². The number of hydrogen-bond acceptors (Lipinski definition) is 2. The monoisotopic (exact) mass is 256 g/mol. The Balaban J connectivity index is 1.94. The van der Waals surface area contributed by atoms with E-state index in [2.05, 4.69) is 66.7 Å². The molecule has 2 heteroatoms. The molecule has 19 heavy (non-hydrogen) atoms. The van der Waals surface area contributed by atoms with Crippen molar-refractivity contribution in [2.45, 2.75) is 13.3 Å². The van der Waals surface area contributed by atoms with Gasteiger partial charge in [-0.3, -0.25) is 0 Å². The summed E-state index contributed by atoms with van der Waals surface area (Å²) in [5.41, 5.74) is 1.45. The summed E-state index contributed by atoms with van der Waals surface area (Å²) >= 11 is 0. The van der Waals surface area contributed by atoms with E-state index >= 15 is 0 Å². The molecule has 0 bridgehead atoms. The van der Waals surface area contributed by atoms with Crippen LogP contribution in [0.2, 0.25) is 0 Å². The molecule has 0 saturated heterocycles. The van der Waals surface area contributed by atoms with Gasteiger partial charge in [0.15, 0.2) is 0 Å². The van der Waals surface area contributed by atoms with Gasteiger partial charge in [0.25, 0.3) is 0 Å². The Morgan fingerprint density at radius 2 is 1.79 bits per heavy atom. The highest BCUT2D eigenvalue weighted by molar-refractivity contribution is 5.85. The molecule has 0 aliphatic heterocycles. The van der Waals surface area contributed by atoms with Crippen LogP contribution in [0.15, 0.2) is 42.5 Å². The van der Waals surface area contributed by atoms with Crippen LogP contribution in [0.3, 0.4) is 0 Å². The van der Waals surface area contributed by atoms with Crippen molar-refractivity contribution in [3.8, 4) is 0 Å². The van der Waals surface area contributed by atoms with Crippen molar-refractivity contribution in [1.82, 2.24) is 10.2 Å². The Labute approximate surface area is 116 Å². The summed E-state index contributed by atoms with van der Waals surface area (Å²) in [7, 11) is 2.20. The first-order valence-electron chi connectivity index (χ1n) is 7.17. The molecule has 0 fully saturated rings. The zero-order valence-corrected chi connectivity index (χ0v) is 12.0. The molecule has 0 aliphatic carbocycles. The molecule has 102 valence electrons. The second kappa shape index (κ2) is 7.27. The van der Waals surface area contributed by atoms with E-state index in [4.69, 9.17) is 0 Å². The molecule has 2 aromatic rings. The fraction of sp³-hybridized carbons (Fsp3) is 0.412. The third kappa shape index (κ3) is 4.05. The molecule has 0 radical (unpaired) electrons. The van der Waals surface area contributed by atoms with Crippen molar-refractivity contribution in [3.63, 3.8) is 0 Å². The average Bonchev–Trinajstić information content (AvgIpc) is 2.45. The number of benzene rings is 2. The van der Waals surface area contributed by atoms with Crippen LogP contribution in [0.4, 0.5) is 0 Å². The van der Waals surface area contributed by atoms with Crippen molar-refractivity contribution in [2.24, 2.45) is 0 Å². The van der Waals surface area contributed by atoms with Gasteiger partial charge in [-0.15, -0.1) is 0 Å². The SMILES string of the molecule is CCNCCN(C)CCc1cccc2ccccc12. The van der Waals surface area contributed by atoms with Gasteiger partial charge in [-0.2, -0.15) is 0 Å². The molecule has 0 aliphatic rings. The minimum atomic E-state index is 1.05. The van der Waals surface area contributed by atoms with Crippen LogP contribution >= 0.6 is 0 Å². The molecule has 0 atom stereocenters. The van der Waals surface area contributed by atoms with Gasteiger partial charge in [0, 0.05) is 19.6 Å². The lowest BCUT2D eigenvalue weighted by molar-refractivity contribution is 0.337. The van der Waals surface area contributed by atoms with Crippen molar-refractivity contribution >= 4 is 10.8 Å². The molecular weight excluding hydrogens is 232 g/mol. The summed E-state index contributed by atoms with van der Waals surface area (Å²) in [6.45, 7) is 6.49. The first kappa shape index (κ1) is 14.0. The number of nitrogens with one attached hydrogen (secondary N) is 1. The van der Waals surface area contributed by atoms with Crippen LogP contribution in [-0.2, 0) is 6.42 Å². The Kier molecular flexibility index (Phi) is 5.37. The van der Waals surface area contributed by atoms with Crippen LogP contribution in [-0.4, -0.2) is 38.1 Å². The second-order valence-corrected chi connectivity index (χ2v) is 5.05. The standard InChI is InChI=1S/C17H24N2/c1-3-18-12-14-19(2)13-11-16-9-6-8-15-7-4-5-10-17(15)16/h4-10,18H,3,11-14H2,1-2H3. The number of fused-ring (bicyclic) bond motifs is 1. The second-order valence-electron chi connectivity index (χ2n) is 5.05. The highest BCUT2D eigenvalue weighted by Gasteiger charge is 2.02. The van der Waals surface area contributed by atoms with E-state index in [0.717, 1.165) is 32.6 Å². The topological polar surface area (TPSA) is 15.3 Å². The van der Waals surface area contributed by atoms with Crippen molar-refractivity contribution in [2.75, 3.05) is 33.2 Å². The molecule has 0 heterocycles. The Morgan fingerprint density at radius 3 is 2.63 bits per heavy atom. The van der Waals surface area contributed by atoms with Gasteiger partial charge in [-0.25, -0.2) is 0 Å². The van der Waals surface area contributed by atoms with E-state index in [1.54, 1.807) is 0 Å². The summed E-state index contributed by atoms with van der Waals surface area (Å²) in [4.78, 5) is 2.39. The minimum Gasteiger partial charge on any atom is -0.316 e. The number of rotatable bonds is 7. The number of nitrogens with zero attached hydrogens (tertiary/aromatic N) is 1. The van der Waals surface area contributed by atoms with Crippen molar-refractivity contribution in [3.05, 3.63) is 48.0 Å². The highest BCUT2D eigenvalue weighted by atomic mass is 15.1. The molecule has 0 aromatic heterocycles. The van der Waals surface area contributed by atoms with Gasteiger partial charge >= 0.3 is 0 Å². The molecule has 1 N–H and O–H groups in total. The largest absolute Gasteiger partial charge is 0.316 e. The Hall–Kier alpha value is -1.38. The van der Waals surface area contributed by atoms with E-state index < -0.39 is 0 Å². The maximum absolute atomic E-state index is 3.37. The van der Waals surface area contributed by atoms with Gasteiger partial charge in [-0.05, 0) is 36.3 Å². The Bertz CT molecular complexity index is 502. The van der Waals surface area contributed by atoms with Gasteiger partial charge in [0.1, 0.15) is 0 Å². The molecule has 0 unspecified atom stereocenters. The number of hydrogen-bond donors (Lipinski definition) is 1. The van der Waals surface area contributed by atoms with E-state index in [1.807, 2.05) is 0 Å². The molecular formula is C17H24N2. The summed E-state index contributed by atoms with van der Waals surface area (Å²) in [6, 6.07) is 15.2. The lowest BCUT2D eigenvalue weighted by Crippen LogP contribution is -2.30. The first-order chi connectivity index (χ1) is 9.31. The molecule has 2 aromatic carbocycles. The summed E-state index contributed by atoms with van der Waals surface area (Å²) < 4.78 is 0. The van der Waals surface area contributed by atoms with E-state index in [0.29, 0.717) is 0 Å². The summed E-state index contributed by atoms with van der Waals surface area (Å²) in [6.07, 6.45) is 1.12. The fourth-order valence-electron chi connectivity index (χ4n) is 2.38. The third-order valence-corrected chi connectivity index (χ3v) is 3.56. The molecule has 0 amide bonds. The zero-order valence-electron chi connectivity index (χ0n) is 12.0. The molecule has 0 spiro atoms. The first-order valence-corrected chi connectivity index (χ1v) is 7.17. The third-order valence-electron chi connectivity index (χ3n) is 3.56. The Morgan fingerprint density at radius 1 is 1.00 bits per heavy atom. The van der Waals surface area contributed by atoms with Crippen LogP contribution in [0.5, 0.6) is 0 Å². The maximum Gasteiger partial charge on any atom is 0.0104 e. The summed E-state index contributed by atoms with van der Waals surface area (Å²) in [5, 5.41) is 6.10. The lowest BCUT2D eigenvalue weighted by atomic mass is 10.0. The molecule has 2 nitrogen and oxygen atoms in total. The average molecular weight is 256 g/mol. The van der Waals surface area contributed by atoms with E-state index in [9.17, 15) is 0 Å². The normalized spacial score (nSPS) is 11.3. The predicted molar refractivity (Wildman–Crippen MR) is 83.7 cm³/mol. The highest BCUT2D eigenvalue weighted by Crippen LogP contribution is 2.18. The smallest absolute Gasteiger partial charge is 0.0104 e. The number of likely N-dealkylation sites (N-methyl/N-ethyl adjacent to an activating group) is 2. The molecule has 0 saturated carbocycles. The van der Waals surface area contributed by atoms with E-state index in [-0.39, 0.29) is 0 Å². The molecule has 2 rings (SSSR count). The van der Waals surface area contributed by atoms with Gasteiger partial charge in [0.05, 0.1) is 0 Å². The van der Waals surface area contributed by atoms with Gasteiger partial charge in [0.2, 0.25) is 0 Å². The van der Waals surface area contributed by atoms with Crippen LogP contribution in [0.1, 0.15) is 12.5 Å². The summed E-state index contributed by atoms with van der Waals surface area (Å²) in [5.74, 6) is 0.